The number of hydrogen-bond donors (Lipinski definition) is 2. The molecule has 1 amide bonds. The van der Waals surface area contributed by atoms with E-state index in [4.69, 9.17) is 9.47 Å². The molecule has 122 valence electrons. The fourth-order valence-corrected chi connectivity index (χ4v) is 1.85. The fourth-order valence-electron chi connectivity index (χ4n) is 1.85. The van der Waals surface area contributed by atoms with Gasteiger partial charge in [0.1, 0.15) is 23.1 Å². The topological polar surface area (TPSA) is 96.3 Å². The van der Waals surface area contributed by atoms with Gasteiger partial charge < -0.3 is 20.1 Å². The molecule has 0 aliphatic carbocycles. The van der Waals surface area contributed by atoms with E-state index in [1.54, 1.807) is 42.7 Å². The van der Waals surface area contributed by atoms with Crippen molar-refractivity contribution < 1.29 is 14.3 Å². The Morgan fingerprint density at radius 1 is 1.29 bits per heavy atom. The molecule has 0 fully saturated rings. The van der Waals surface area contributed by atoms with Gasteiger partial charge in [-0.25, -0.2) is 0 Å². The van der Waals surface area contributed by atoms with Crippen molar-refractivity contribution in [2.24, 2.45) is 0 Å². The summed E-state index contributed by atoms with van der Waals surface area (Å²) in [5, 5.41) is 14.7. The molecule has 1 aromatic heterocycles. The van der Waals surface area contributed by atoms with E-state index in [-0.39, 0.29) is 5.57 Å². The molecule has 0 bridgehead atoms. The van der Waals surface area contributed by atoms with E-state index in [2.05, 4.69) is 15.6 Å². The first kappa shape index (κ1) is 16.8. The van der Waals surface area contributed by atoms with Crippen LogP contribution in [0.25, 0.3) is 0 Å². The predicted octanol–water partition coefficient (Wildman–Crippen LogP) is 2.56. The van der Waals surface area contributed by atoms with E-state index in [0.29, 0.717) is 22.9 Å². The molecule has 0 spiro atoms. The van der Waals surface area contributed by atoms with Crippen LogP contribution in [0, 0.1) is 11.3 Å². The molecule has 1 heterocycles. The number of carbonyl (C=O) groups excluding carboxylic acids is 1. The number of nitrogens with zero attached hydrogens (tertiary/aromatic N) is 2. The van der Waals surface area contributed by atoms with E-state index in [1.165, 1.54) is 20.4 Å². The Labute approximate surface area is 139 Å². The molecule has 2 rings (SSSR count). The van der Waals surface area contributed by atoms with E-state index >= 15 is 0 Å². The number of pyridine rings is 1. The number of hydrogen-bond acceptors (Lipinski definition) is 6. The van der Waals surface area contributed by atoms with Gasteiger partial charge in [-0.15, -0.1) is 0 Å². The molecule has 24 heavy (non-hydrogen) atoms. The number of benzene rings is 1. The highest BCUT2D eigenvalue weighted by Gasteiger charge is 2.13. The average molecular weight is 324 g/mol. The average Bonchev–Trinajstić information content (AvgIpc) is 2.63. The maximum absolute atomic E-state index is 12.3. The molecule has 0 aliphatic rings. The molecule has 0 aliphatic heterocycles. The van der Waals surface area contributed by atoms with Gasteiger partial charge in [0, 0.05) is 18.5 Å². The van der Waals surface area contributed by atoms with E-state index in [0.717, 1.165) is 0 Å². The second kappa shape index (κ2) is 8.19. The largest absolute Gasteiger partial charge is 0.497 e. The highest BCUT2D eigenvalue weighted by molar-refractivity contribution is 6.07. The Bertz CT molecular complexity index is 782. The molecule has 7 heteroatoms. The maximum atomic E-state index is 12.3. The highest BCUT2D eigenvalue weighted by atomic mass is 16.5. The summed E-state index contributed by atoms with van der Waals surface area (Å²) in [5.41, 5.74) is 0.977. The summed E-state index contributed by atoms with van der Waals surface area (Å²) in [5.74, 6) is 0.448. The van der Waals surface area contributed by atoms with Crippen LogP contribution in [-0.2, 0) is 4.79 Å². The number of amides is 1. The number of carbonyl (C=O) groups is 1. The van der Waals surface area contributed by atoms with Crippen molar-refractivity contribution in [3.8, 4) is 17.6 Å². The maximum Gasteiger partial charge on any atom is 0.267 e. The van der Waals surface area contributed by atoms with Gasteiger partial charge in [-0.05, 0) is 24.3 Å². The third-order valence-electron chi connectivity index (χ3n) is 3.06. The van der Waals surface area contributed by atoms with Gasteiger partial charge in [0.2, 0.25) is 0 Å². The lowest BCUT2D eigenvalue weighted by molar-refractivity contribution is -0.112. The lowest BCUT2D eigenvalue weighted by Gasteiger charge is -2.11. The van der Waals surface area contributed by atoms with E-state index < -0.39 is 5.91 Å². The third kappa shape index (κ3) is 4.24. The van der Waals surface area contributed by atoms with Crippen molar-refractivity contribution in [2.75, 3.05) is 24.9 Å². The van der Waals surface area contributed by atoms with Gasteiger partial charge in [0.15, 0.2) is 0 Å². The second-order valence-electron chi connectivity index (χ2n) is 4.58. The summed E-state index contributed by atoms with van der Waals surface area (Å²) in [7, 11) is 3.01. The molecule has 2 N–H and O–H groups in total. The van der Waals surface area contributed by atoms with E-state index in [1.807, 2.05) is 6.07 Å². The number of aromatic nitrogens is 1. The van der Waals surface area contributed by atoms with Crippen LogP contribution >= 0.6 is 0 Å². The zero-order valence-electron chi connectivity index (χ0n) is 13.2. The van der Waals surface area contributed by atoms with Crippen molar-refractivity contribution in [3.05, 3.63) is 54.5 Å². The molecule has 1 aromatic carbocycles. The van der Waals surface area contributed by atoms with Gasteiger partial charge in [-0.1, -0.05) is 0 Å². The quantitative estimate of drug-likeness (QED) is 0.626. The molecule has 0 unspecified atom stereocenters. The Kier molecular flexibility index (Phi) is 5.75. The number of nitriles is 1. The predicted molar refractivity (Wildman–Crippen MR) is 89.7 cm³/mol. The van der Waals surface area contributed by atoms with Crippen LogP contribution in [-0.4, -0.2) is 25.1 Å². The van der Waals surface area contributed by atoms with E-state index in [9.17, 15) is 10.1 Å². The van der Waals surface area contributed by atoms with Crippen LogP contribution in [0.15, 0.2) is 54.5 Å². The van der Waals surface area contributed by atoms with Crippen molar-refractivity contribution in [1.82, 2.24) is 4.98 Å². The molecular formula is C17H16N4O3. The van der Waals surface area contributed by atoms with Crippen molar-refractivity contribution in [1.29, 1.82) is 5.26 Å². The highest BCUT2D eigenvalue weighted by Crippen LogP contribution is 2.29. The van der Waals surface area contributed by atoms with Crippen LogP contribution in [0.4, 0.5) is 11.4 Å². The molecular weight excluding hydrogens is 308 g/mol. The first-order valence-corrected chi connectivity index (χ1v) is 6.98. The van der Waals surface area contributed by atoms with Crippen molar-refractivity contribution in [3.63, 3.8) is 0 Å². The SMILES string of the molecule is COc1ccc(OC)c(NC(=O)/C(C#N)=C\Nc2cccnc2)c1. The molecule has 2 aromatic rings. The van der Waals surface area contributed by atoms with Gasteiger partial charge >= 0.3 is 0 Å². The number of rotatable bonds is 6. The molecule has 0 radical (unpaired) electrons. The van der Waals surface area contributed by atoms with Crippen LogP contribution < -0.4 is 20.1 Å². The Morgan fingerprint density at radius 2 is 2.12 bits per heavy atom. The molecule has 7 nitrogen and oxygen atoms in total. The summed E-state index contributed by atoms with van der Waals surface area (Å²) in [4.78, 5) is 16.2. The minimum atomic E-state index is -0.569. The third-order valence-corrected chi connectivity index (χ3v) is 3.06. The summed E-state index contributed by atoms with van der Waals surface area (Å²) in [6.45, 7) is 0. The standard InChI is InChI=1S/C17H16N4O3/c1-23-14-5-6-16(24-2)15(8-14)21-17(22)12(9-18)10-20-13-4-3-7-19-11-13/h3-8,10-11,20H,1-2H3,(H,21,22)/b12-10-. The normalized spacial score (nSPS) is 10.5. The summed E-state index contributed by atoms with van der Waals surface area (Å²) in [6, 6.07) is 10.3. The summed E-state index contributed by atoms with van der Waals surface area (Å²) in [6.07, 6.45) is 4.52. The lowest BCUT2D eigenvalue weighted by Crippen LogP contribution is -2.15. The van der Waals surface area contributed by atoms with Gasteiger partial charge in [-0.3, -0.25) is 9.78 Å². The monoisotopic (exact) mass is 324 g/mol. The second-order valence-corrected chi connectivity index (χ2v) is 4.58. The first-order valence-electron chi connectivity index (χ1n) is 6.98. The van der Waals surface area contributed by atoms with Crippen molar-refractivity contribution in [2.45, 2.75) is 0 Å². The molecule has 0 atom stereocenters. The van der Waals surface area contributed by atoms with Gasteiger partial charge in [-0.2, -0.15) is 5.26 Å². The smallest absolute Gasteiger partial charge is 0.267 e. The number of ether oxygens (including phenoxy) is 2. The number of methoxy groups -OCH3 is 2. The van der Waals surface area contributed by atoms with Crippen LogP contribution in [0.2, 0.25) is 0 Å². The minimum Gasteiger partial charge on any atom is -0.497 e. The lowest BCUT2D eigenvalue weighted by atomic mass is 10.2. The molecule has 0 saturated heterocycles. The van der Waals surface area contributed by atoms with Gasteiger partial charge in [0.05, 0.1) is 31.8 Å². The zero-order valence-corrected chi connectivity index (χ0v) is 13.2. The van der Waals surface area contributed by atoms with Crippen LogP contribution in [0.3, 0.4) is 0 Å². The van der Waals surface area contributed by atoms with Crippen molar-refractivity contribution >= 4 is 17.3 Å². The summed E-state index contributed by atoms with van der Waals surface area (Å²) >= 11 is 0. The van der Waals surface area contributed by atoms with Crippen LogP contribution in [0.1, 0.15) is 0 Å². The Hall–Kier alpha value is -3.53. The van der Waals surface area contributed by atoms with Crippen LogP contribution in [0.5, 0.6) is 11.5 Å². The minimum absolute atomic E-state index is 0.0938. The number of anilines is 2. The number of nitrogens with one attached hydrogen (secondary N) is 2. The first-order chi connectivity index (χ1) is 11.7. The fraction of sp³-hybridized carbons (Fsp3) is 0.118. The van der Waals surface area contributed by atoms with Gasteiger partial charge in [0.25, 0.3) is 5.91 Å². The molecule has 0 saturated carbocycles. The Morgan fingerprint density at radius 3 is 2.75 bits per heavy atom. The summed E-state index contributed by atoms with van der Waals surface area (Å²) < 4.78 is 10.3. The Balaban J connectivity index is 2.16. The zero-order chi connectivity index (χ0) is 17.4.